The van der Waals surface area contributed by atoms with Crippen molar-refractivity contribution in [2.75, 3.05) is 70.8 Å². The van der Waals surface area contributed by atoms with Crippen molar-refractivity contribution < 1.29 is 13.9 Å². The number of anilines is 1. The summed E-state index contributed by atoms with van der Waals surface area (Å²) < 4.78 is 20.1. The Balaban J connectivity index is 1.21. The molecule has 2 aliphatic rings. The van der Waals surface area contributed by atoms with Crippen molar-refractivity contribution in [3.05, 3.63) is 58.4 Å². The number of hydrogen-bond donors (Lipinski definition) is 4. The third kappa shape index (κ3) is 9.51. The molecule has 2 fully saturated rings. The molecule has 0 saturated carbocycles. The van der Waals surface area contributed by atoms with Crippen LogP contribution in [0.25, 0.3) is 0 Å². The number of piperazine rings is 1. The number of nitrogens with two attached hydrogens (primary N) is 3. The molecule has 11 heteroatoms. The predicted octanol–water partition coefficient (Wildman–Crippen LogP) is 2.89. The topological polar surface area (TPSA) is 126 Å². The van der Waals surface area contributed by atoms with E-state index in [0.29, 0.717) is 63.7 Å². The molecule has 43 heavy (non-hydrogen) atoms. The maximum absolute atomic E-state index is 14.5. The molecule has 1 amide bonds. The number of carbonyl (C=O) groups is 1. The number of carbonyl (C=O) groups excluding carboxylic acids is 1. The molecule has 9 nitrogen and oxygen atoms in total. The van der Waals surface area contributed by atoms with Crippen LogP contribution in [-0.2, 0) is 17.8 Å². The second-order valence-electron chi connectivity index (χ2n) is 11.7. The van der Waals surface area contributed by atoms with E-state index < -0.39 is 6.04 Å². The summed E-state index contributed by atoms with van der Waals surface area (Å²) >= 11 is 6.31. The molecule has 2 aliphatic heterocycles. The molecule has 4 rings (SSSR count). The van der Waals surface area contributed by atoms with Crippen molar-refractivity contribution in [2.24, 2.45) is 23.1 Å². The second-order valence-corrected chi connectivity index (χ2v) is 12.2. The monoisotopic (exact) mass is 617 g/mol. The van der Waals surface area contributed by atoms with Crippen molar-refractivity contribution in [3.63, 3.8) is 0 Å². The number of nitrogens with one attached hydrogen (secondary N) is 1. The van der Waals surface area contributed by atoms with Crippen LogP contribution in [-0.4, -0.2) is 98.2 Å². The third-order valence-corrected chi connectivity index (χ3v) is 8.96. The minimum atomic E-state index is -0.494. The van der Waals surface area contributed by atoms with E-state index in [2.05, 4.69) is 15.1 Å². The molecule has 2 aromatic carbocycles. The lowest BCUT2D eigenvalue weighted by Crippen LogP contribution is -2.55. The summed E-state index contributed by atoms with van der Waals surface area (Å²) in [4.78, 5) is 19.8. The number of benzene rings is 2. The Morgan fingerprint density at radius 1 is 1.09 bits per heavy atom. The first-order valence-corrected chi connectivity index (χ1v) is 16.0. The summed E-state index contributed by atoms with van der Waals surface area (Å²) in [5.74, 6) is 0.524. The zero-order valence-corrected chi connectivity index (χ0v) is 26.2. The summed E-state index contributed by atoms with van der Waals surface area (Å²) in [5.41, 5.74) is 21.1. The third-order valence-electron chi connectivity index (χ3n) is 8.72. The van der Waals surface area contributed by atoms with Gasteiger partial charge in [-0.3, -0.25) is 9.69 Å². The van der Waals surface area contributed by atoms with Gasteiger partial charge in [-0.1, -0.05) is 17.7 Å². The number of likely N-dealkylation sites (tertiary alicyclic amines) is 1. The van der Waals surface area contributed by atoms with Crippen molar-refractivity contribution in [3.8, 4) is 5.75 Å². The van der Waals surface area contributed by atoms with E-state index in [9.17, 15) is 9.18 Å². The highest BCUT2D eigenvalue weighted by Crippen LogP contribution is 2.26. The fraction of sp³-hybridized carbons (Fsp3) is 0.594. The summed E-state index contributed by atoms with van der Waals surface area (Å²) in [5, 5.41) is 4.18. The highest BCUT2D eigenvalue weighted by Gasteiger charge is 2.33. The molecule has 0 aliphatic carbocycles. The Bertz CT molecular complexity index is 1170. The van der Waals surface area contributed by atoms with Gasteiger partial charge in [0.05, 0.1) is 12.6 Å². The summed E-state index contributed by atoms with van der Waals surface area (Å²) in [7, 11) is 0. The summed E-state index contributed by atoms with van der Waals surface area (Å²) in [6, 6.07) is 10.4. The Morgan fingerprint density at radius 2 is 1.84 bits per heavy atom. The molecule has 0 spiro atoms. The number of hydrogen-bond acceptors (Lipinski definition) is 8. The first kappa shape index (κ1) is 33.4. The number of piperidine rings is 1. The van der Waals surface area contributed by atoms with Gasteiger partial charge in [0, 0.05) is 68.1 Å². The first-order valence-electron chi connectivity index (χ1n) is 15.7. The van der Waals surface area contributed by atoms with Crippen LogP contribution in [0.2, 0.25) is 5.02 Å². The minimum absolute atomic E-state index is 0.0103. The minimum Gasteiger partial charge on any atom is -0.493 e. The number of halogens is 2. The van der Waals surface area contributed by atoms with E-state index in [1.54, 1.807) is 12.1 Å². The van der Waals surface area contributed by atoms with E-state index in [4.69, 9.17) is 33.5 Å². The predicted molar refractivity (Wildman–Crippen MR) is 172 cm³/mol. The highest BCUT2D eigenvalue weighted by molar-refractivity contribution is 6.30. The van der Waals surface area contributed by atoms with Crippen LogP contribution in [0.5, 0.6) is 5.75 Å². The van der Waals surface area contributed by atoms with E-state index in [-0.39, 0.29) is 23.7 Å². The van der Waals surface area contributed by atoms with Gasteiger partial charge in [0.15, 0.2) is 0 Å². The van der Waals surface area contributed by atoms with Crippen LogP contribution in [0.3, 0.4) is 0 Å². The molecule has 0 radical (unpaired) electrons. The van der Waals surface area contributed by atoms with Crippen molar-refractivity contribution in [1.82, 2.24) is 14.7 Å². The number of ether oxygens (including phenoxy) is 1. The maximum Gasteiger partial charge on any atom is 0.239 e. The molecular weight excluding hydrogens is 569 g/mol. The van der Waals surface area contributed by atoms with Gasteiger partial charge in [0.25, 0.3) is 0 Å². The zero-order chi connectivity index (χ0) is 30.8. The van der Waals surface area contributed by atoms with Gasteiger partial charge in [0.2, 0.25) is 5.91 Å². The average molecular weight is 618 g/mol. The molecule has 0 unspecified atom stereocenters. The van der Waals surface area contributed by atoms with Gasteiger partial charge in [-0.25, -0.2) is 4.39 Å². The normalized spacial score (nSPS) is 18.4. The van der Waals surface area contributed by atoms with Crippen LogP contribution in [0, 0.1) is 11.7 Å². The average Bonchev–Trinajstić information content (AvgIpc) is 3.01. The SMILES string of the molecule is CCOc1cccc(F)c1CN1CCN(C(=O)[C@H](N)C2CCN(CCc3cc(Cl)ccc3NC[C@@H](N)CCN)CC2)CC1. The van der Waals surface area contributed by atoms with Gasteiger partial charge in [-0.15, -0.1) is 0 Å². The summed E-state index contributed by atoms with van der Waals surface area (Å²) in [6.45, 7) is 9.36. The molecule has 2 atom stereocenters. The molecule has 238 valence electrons. The molecule has 2 saturated heterocycles. The van der Waals surface area contributed by atoms with Crippen LogP contribution < -0.4 is 27.3 Å². The Morgan fingerprint density at radius 3 is 2.53 bits per heavy atom. The second kappa shape index (κ2) is 16.6. The molecular formula is C32H49ClFN7O2. The van der Waals surface area contributed by atoms with Crippen LogP contribution in [0.1, 0.15) is 37.3 Å². The fourth-order valence-electron chi connectivity index (χ4n) is 6.06. The smallest absolute Gasteiger partial charge is 0.239 e. The summed E-state index contributed by atoms with van der Waals surface area (Å²) in [6.07, 6.45) is 3.44. The molecule has 2 heterocycles. The first-order chi connectivity index (χ1) is 20.8. The highest BCUT2D eigenvalue weighted by atomic mass is 35.5. The van der Waals surface area contributed by atoms with Crippen LogP contribution >= 0.6 is 11.6 Å². The van der Waals surface area contributed by atoms with Gasteiger partial charge >= 0.3 is 0 Å². The van der Waals surface area contributed by atoms with Gasteiger partial charge in [-0.2, -0.15) is 0 Å². The quantitative estimate of drug-likeness (QED) is 0.255. The maximum atomic E-state index is 14.5. The standard InChI is InChI=1S/C32H49ClFN7O2/c1-2-43-30-5-3-4-28(34)27(30)22-40-16-18-41(19-17-40)32(42)31(37)23-9-13-39(14-10-23)15-11-24-20-25(33)6-7-29(24)38-21-26(36)8-12-35/h3-7,20,23,26,31,38H,2,8-19,21-22,35-37H2,1H3/t26-,31+/m0/s1. The molecule has 2 aromatic rings. The lowest BCUT2D eigenvalue weighted by atomic mass is 9.88. The Labute approximate surface area is 260 Å². The van der Waals surface area contributed by atoms with E-state index in [1.807, 2.05) is 30.0 Å². The van der Waals surface area contributed by atoms with Crippen molar-refractivity contribution in [2.45, 2.75) is 51.2 Å². The lowest BCUT2D eigenvalue weighted by molar-refractivity contribution is -0.136. The Kier molecular flexibility index (Phi) is 12.9. The van der Waals surface area contributed by atoms with Crippen molar-refractivity contribution in [1.29, 1.82) is 0 Å². The van der Waals surface area contributed by atoms with E-state index in [0.717, 1.165) is 56.0 Å². The lowest BCUT2D eigenvalue weighted by Gasteiger charge is -2.39. The van der Waals surface area contributed by atoms with Gasteiger partial charge in [-0.05, 0) is 94.1 Å². The fourth-order valence-corrected chi connectivity index (χ4v) is 6.25. The molecule has 0 bridgehead atoms. The Hall–Kier alpha value is -2.47. The largest absolute Gasteiger partial charge is 0.493 e. The van der Waals surface area contributed by atoms with Gasteiger partial charge in [0.1, 0.15) is 11.6 Å². The molecule has 7 N–H and O–H groups in total. The van der Waals surface area contributed by atoms with E-state index in [1.165, 1.54) is 11.6 Å². The van der Waals surface area contributed by atoms with Crippen molar-refractivity contribution >= 4 is 23.2 Å². The number of nitrogens with zero attached hydrogens (tertiary/aromatic N) is 3. The van der Waals surface area contributed by atoms with Crippen LogP contribution in [0.4, 0.5) is 10.1 Å². The van der Waals surface area contributed by atoms with E-state index >= 15 is 0 Å². The van der Waals surface area contributed by atoms with Gasteiger partial charge < -0.3 is 37.1 Å². The number of rotatable bonds is 14. The zero-order valence-electron chi connectivity index (χ0n) is 25.4. The molecule has 0 aromatic heterocycles. The van der Waals surface area contributed by atoms with Crippen LogP contribution in [0.15, 0.2) is 36.4 Å². The number of amides is 1.